The topological polar surface area (TPSA) is 76.8 Å². The molecule has 0 bridgehead atoms. The molecule has 1 unspecified atom stereocenters. The van der Waals surface area contributed by atoms with Crippen molar-refractivity contribution in [3.8, 4) is 11.5 Å². The smallest absolute Gasteiger partial charge is 0.255 e. The van der Waals surface area contributed by atoms with Crippen LogP contribution in [0.2, 0.25) is 5.02 Å². The Morgan fingerprint density at radius 3 is 2.56 bits per heavy atom. The van der Waals surface area contributed by atoms with Crippen molar-refractivity contribution in [2.75, 3.05) is 34.4 Å². The zero-order chi connectivity index (χ0) is 19.8. The minimum Gasteiger partial charge on any atom is -0.493 e. The number of hydrogen-bond acceptors (Lipinski definition) is 5. The molecule has 0 aliphatic heterocycles. The van der Waals surface area contributed by atoms with Crippen molar-refractivity contribution < 1.29 is 14.3 Å². The number of hydrogen-bond donors (Lipinski definition) is 2. The van der Waals surface area contributed by atoms with Crippen LogP contribution in [0.4, 0.5) is 0 Å². The van der Waals surface area contributed by atoms with Crippen molar-refractivity contribution in [1.82, 2.24) is 10.2 Å². The largest absolute Gasteiger partial charge is 0.493 e. The third-order valence-electron chi connectivity index (χ3n) is 3.95. The second-order valence-electron chi connectivity index (χ2n) is 6.47. The summed E-state index contributed by atoms with van der Waals surface area (Å²) in [7, 11) is 5.61. The molecule has 0 radical (unpaired) electrons. The number of ether oxygens (including phenoxy) is 2. The van der Waals surface area contributed by atoms with Gasteiger partial charge in [-0.05, 0) is 37.4 Å². The fraction of sp³-hybridized carbons (Fsp3) is 0.350. The molecular weight excluding hydrogens is 366 g/mol. The van der Waals surface area contributed by atoms with E-state index >= 15 is 0 Å². The summed E-state index contributed by atoms with van der Waals surface area (Å²) in [4.78, 5) is 13.1. The van der Waals surface area contributed by atoms with Gasteiger partial charge in [0.1, 0.15) is 0 Å². The SMILES string of the molecule is COc1cc(CNC(CN(C)C)c2ccccc2)cc(Cl)c1OCC(N)=O. The maximum absolute atomic E-state index is 11.0. The van der Waals surface area contributed by atoms with Crippen LogP contribution in [-0.4, -0.2) is 45.2 Å². The molecule has 0 saturated carbocycles. The van der Waals surface area contributed by atoms with Gasteiger partial charge in [0, 0.05) is 19.1 Å². The monoisotopic (exact) mass is 391 g/mol. The van der Waals surface area contributed by atoms with Gasteiger partial charge < -0.3 is 25.4 Å². The van der Waals surface area contributed by atoms with Gasteiger partial charge in [-0.15, -0.1) is 0 Å². The van der Waals surface area contributed by atoms with E-state index in [1.807, 2.05) is 38.4 Å². The van der Waals surface area contributed by atoms with Crippen LogP contribution in [-0.2, 0) is 11.3 Å². The molecule has 0 aliphatic carbocycles. The minimum atomic E-state index is -0.576. The first-order valence-electron chi connectivity index (χ1n) is 8.61. The molecule has 1 atom stereocenters. The number of carbonyl (C=O) groups excluding carboxylic acids is 1. The lowest BCUT2D eigenvalue weighted by Crippen LogP contribution is -2.30. The summed E-state index contributed by atoms with van der Waals surface area (Å²) in [6, 6.07) is 14.1. The maximum atomic E-state index is 11.0. The summed E-state index contributed by atoms with van der Waals surface area (Å²) in [6.07, 6.45) is 0. The van der Waals surface area contributed by atoms with Crippen molar-refractivity contribution in [2.45, 2.75) is 12.6 Å². The third-order valence-corrected chi connectivity index (χ3v) is 4.23. The van der Waals surface area contributed by atoms with E-state index < -0.39 is 5.91 Å². The third kappa shape index (κ3) is 6.43. The van der Waals surface area contributed by atoms with Gasteiger partial charge in [-0.2, -0.15) is 0 Å². The van der Waals surface area contributed by atoms with Crippen molar-refractivity contribution in [1.29, 1.82) is 0 Å². The molecule has 2 aromatic carbocycles. The molecule has 6 nitrogen and oxygen atoms in total. The highest BCUT2D eigenvalue weighted by atomic mass is 35.5. The van der Waals surface area contributed by atoms with Gasteiger partial charge in [0.2, 0.25) is 0 Å². The summed E-state index contributed by atoms with van der Waals surface area (Å²) < 4.78 is 10.7. The summed E-state index contributed by atoms with van der Waals surface area (Å²) >= 11 is 6.32. The number of rotatable bonds is 10. The lowest BCUT2D eigenvalue weighted by atomic mass is 10.1. The van der Waals surface area contributed by atoms with Crippen LogP contribution in [0, 0.1) is 0 Å². The Bertz CT molecular complexity index is 754. The van der Waals surface area contributed by atoms with Gasteiger partial charge in [-0.1, -0.05) is 41.9 Å². The molecule has 1 amide bonds. The predicted octanol–water partition coefficient (Wildman–Crippen LogP) is 2.61. The lowest BCUT2D eigenvalue weighted by Gasteiger charge is -2.23. The number of amides is 1. The molecule has 0 spiro atoms. The standard InChI is InChI=1S/C20H26ClN3O3/c1-24(2)12-17(15-7-5-4-6-8-15)23-11-14-9-16(21)20(18(10-14)26-3)27-13-19(22)25/h4-10,17,23H,11-13H2,1-3H3,(H2,22,25). The molecule has 3 N–H and O–H groups in total. The number of nitrogens with zero attached hydrogens (tertiary/aromatic N) is 1. The Labute approximate surface area is 165 Å². The highest BCUT2D eigenvalue weighted by molar-refractivity contribution is 6.32. The first-order chi connectivity index (χ1) is 12.9. The summed E-state index contributed by atoms with van der Waals surface area (Å²) in [5.41, 5.74) is 7.29. The first-order valence-corrected chi connectivity index (χ1v) is 8.99. The number of benzene rings is 2. The minimum absolute atomic E-state index is 0.164. The van der Waals surface area contributed by atoms with Gasteiger partial charge in [0.25, 0.3) is 5.91 Å². The Morgan fingerprint density at radius 1 is 1.26 bits per heavy atom. The second kappa shape index (κ2) is 10.2. The van der Waals surface area contributed by atoms with Crippen LogP contribution in [0.25, 0.3) is 0 Å². The van der Waals surface area contributed by atoms with E-state index in [2.05, 4.69) is 22.3 Å². The summed E-state index contributed by atoms with van der Waals surface area (Å²) in [6.45, 7) is 1.20. The highest BCUT2D eigenvalue weighted by Gasteiger charge is 2.15. The Hall–Kier alpha value is -2.28. The summed E-state index contributed by atoms with van der Waals surface area (Å²) in [5.74, 6) is 0.201. The number of likely N-dealkylation sites (N-methyl/N-ethyl adjacent to an activating group) is 1. The van der Waals surface area contributed by atoms with Crippen molar-refractivity contribution in [3.63, 3.8) is 0 Å². The molecule has 0 fully saturated rings. The fourth-order valence-electron chi connectivity index (χ4n) is 2.74. The fourth-order valence-corrected chi connectivity index (χ4v) is 3.03. The Kier molecular flexibility index (Phi) is 7.91. The molecule has 0 aliphatic rings. The Morgan fingerprint density at radius 2 is 1.96 bits per heavy atom. The molecule has 27 heavy (non-hydrogen) atoms. The van der Waals surface area contributed by atoms with E-state index in [1.54, 1.807) is 6.07 Å². The second-order valence-corrected chi connectivity index (χ2v) is 6.88. The quantitative estimate of drug-likeness (QED) is 0.651. The van der Waals surface area contributed by atoms with Gasteiger partial charge in [-0.3, -0.25) is 4.79 Å². The van der Waals surface area contributed by atoms with Gasteiger partial charge in [0.05, 0.1) is 12.1 Å². The van der Waals surface area contributed by atoms with Crippen molar-refractivity contribution >= 4 is 17.5 Å². The van der Waals surface area contributed by atoms with E-state index in [1.165, 1.54) is 12.7 Å². The number of nitrogens with one attached hydrogen (secondary N) is 1. The number of nitrogens with two attached hydrogens (primary N) is 1. The van der Waals surface area contributed by atoms with E-state index in [0.717, 1.165) is 12.1 Å². The van der Waals surface area contributed by atoms with E-state index in [-0.39, 0.29) is 12.6 Å². The van der Waals surface area contributed by atoms with E-state index in [9.17, 15) is 4.79 Å². The van der Waals surface area contributed by atoms with Crippen LogP contribution in [0.5, 0.6) is 11.5 Å². The molecule has 7 heteroatoms. The lowest BCUT2D eigenvalue weighted by molar-refractivity contribution is -0.119. The molecule has 2 rings (SSSR count). The average molecular weight is 392 g/mol. The van der Waals surface area contributed by atoms with Crippen LogP contribution >= 0.6 is 11.6 Å². The molecular formula is C20H26ClN3O3. The van der Waals surface area contributed by atoms with Crippen LogP contribution in [0.1, 0.15) is 17.2 Å². The van der Waals surface area contributed by atoms with Crippen molar-refractivity contribution in [3.05, 3.63) is 58.6 Å². The zero-order valence-electron chi connectivity index (χ0n) is 15.9. The average Bonchev–Trinajstić information content (AvgIpc) is 2.64. The zero-order valence-corrected chi connectivity index (χ0v) is 16.6. The van der Waals surface area contributed by atoms with Gasteiger partial charge in [-0.25, -0.2) is 0 Å². The first kappa shape index (κ1) is 21.0. The van der Waals surface area contributed by atoms with Crippen LogP contribution in [0.3, 0.4) is 0 Å². The van der Waals surface area contributed by atoms with Crippen LogP contribution in [0.15, 0.2) is 42.5 Å². The Balaban J connectivity index is 2.15. The highest BCUT2D eigenvalue weighted by Crippen LogP contribution is 2.36. The normalized spacial score (nSPS) is 12.0. The number of halogens is 1. The van der Waals surface area contributed by atoms with E-state index in [0.29, 0.717) is 23.1 Å². The van der Waals surface area contributed by atoms with Crippen LogP contribution < -0.4 is 20.5 Å². The van der Waals surface area contributed by atoms with E-state index in [4.69, 9.17) is 26.8 Å². The molecule has 0 heterocycles. The maximum Gasteiger partial charge on any atom is 0.255 e. The number of methoxy groups -OCH3 is 1. The van der Waals surface area contributed by atoms with Crippen molar-refractivity contribution in [2.24, 2.45) is 5.73 Å². The molecule has 146 valence electrons. The molecule has 0 aromatic heterocycles. The number of carbonyl (C=O) groups is 1. The molecule has 2 aromatic rings. The number of primary amides is 1. The predicted molar refractivity (Wildman–Crippen MR) is 107 cm³/mol. The van der Waals surface area contributed by atoms with Gasteiger partial charge in [0.15, 0.2) is 18.1 Å². The summed E-state index contributed by atoms with van der Waals surface area (Å²) in [5, 5.41) is 3.93. The van der Waals surface area contributed by atoms with Gasteiger partial charge >= 0.3 is 0 Å². The molecule has 0 saturated heterocycles.